The van der Waals surface area contributed by atoms with Gasteiger partial charge in [0.15, 0.2) is 0 Å². The molecule has 3 saturated heterocycles. The van der Waals surface area contributed by atoms with Crippen LogP contribution >= 0.6 is 0 Å². The van der Waals surface area contributed by atoms with E-state index < -0.39 is 0 Å². The number of pyridine rings is 1. The molecule has 1 aromatic rings. The van der Waals surface area contributed by atoms with E-state index in [4.69, 9.17) is 0 Å². The van der Waals surface area contributed by atoms with Crippen LogP contribution in [0.5, 0.6) is 0 Å². The van der Waals surface area contributed by atoms with Crippen molar-refractivity contribution in [3.05, 3.63) is 29.8 Å². The van der Waals surface area contributed by atoms with Gasteiger partial charge in [-0.3, -0.25) is 4.98 Å². The molecule has 2 bridgehead atoms. The molecule has 3 fully saturated rings. The van der Waals surface area contributed by atoms with Gasteiger partial charge in [0.05, 0.1) is 11.9 Å². The van der Waals surface area contributed by atoms with Gasteiger partial charge in [0.1, 0.15) is 5.82 Å². The number of nitrogens with one attached hydrogen (secondary N) is 1. The summed E-state index contributed by atoms with van der Waals surface area (Å²) in [6, 6.07) is 4.01. The lowest BCUT2D eigenvalue weighted by Crippen LogP contribution is -2.56. The normalized spacial score (nSPS) is 32.4. The van der Waals surface area contributed by atoms with E-state index in [1.165, 1.54) is 38.2 Å². The van der Waals surface area contributed by atoms with Gasteiger partial charge in [-0.1, -0.05) is 0 Å². The molecule has 0 radical (unpaired) electrons. The molecule has 0 aliphatic carbocycles. The summed E-state index contributed by atoms with van der Waals surface area (Å²) in [5.41, 5.74) is 0.924. The Bertz CT molecular complexity index is 398. The largest absolute Gasteiger partial charge is 0.304 e. The molecule has 1 aromatic heterocycles. The molecule has 0 amide bonds. The SMILES string of the molecule is CC(NC1CN2CCC1CC2)c1ccc(F)cn1. The summed E-state index contributed by atoms with van der Waals surface area (Å²) in [6.07, 6.45) is 3.91. The predicted molar refractivity (Wildman–Crippen MR) is 68.7 cm³/mol. The minimum absolute atomic E-state index is 0.191. The highest BCUT2D eigenvalue weighted by atomic mass is 19.1. The average molecular weight is 249 g/mol. The van der Waals surface area contributed by atoms with E-state index in [1.54, 1.807) is 6.07 Å². The van der Waals surface area contributed by atoms with Gasteiger partial charge in [0, 0.05) is 18.6 Å². The van der Waals surface area contributed by atoms with Gasteiger partial charge in [0.25, 0.3) is 0 Å². The molecule has 18 heavy (non-hydrogen) atoms. The van der Waals surface area contributed by atoms with Crippen molar-refractivity contribution in [2.45, 2.75) is 31.8 Å². The highest BCUT2D eigenvalue weighted by molar-refractivity contribution is 5.09. The van der Waals surface area contributed by atoms with Crippen LogP contribution in [-0.2, 0) is 0 Å². The molecule has 2 atom stereocenters. The topological polar surface area (TPSA) is 28.2 Å². The fourth-order valence-electron chi connectivity index (χ4n) is 3.20. The van der Waals surface area contributed by atoms with Gasteiger partial charge in [0.2, 0.25) is 0 Å². The van der Waals surface area contributed by atoms with Crippen LogP contribution in [-0.4, -0.2) is 35.6 Å². The third kappa shape index (κ3) is 2.40. The summed E-state index contributed by atoms with van der Waals surface area (Å²) >= 11 is 0. The number of piperidine rings is 3. The molecule has 4 heteroatoms. The van der Waals surface area contributed by atoms with Crippen molar-refractivity contribution in [1.82, 2.24) is 15.2 Å². The molecule has 98 valence electrons. The van der Waals surface area contributed by atoms with Gasteiger partial charge in [-0.05, 0) is 50.9 Å². The Morgan fingerprint density at radius 2 is 2.17 bits per heavy atom. The lowest BCUT2D eigenvalue weighted by atomic mass is 9.83. The van der Waals surface area contributed by atoms with Crippen LogP contribution in [0.4, 0.5) is 4.39 Å². The molecule has 3 aliphatic heterocycles. The number of fused-ring (bicyclic) bond motifs is 3. The third-order valence-corrected chi connectivity index (χ3v) is 4.31. The third-order valence-electron chi connectivity index (χ3n) is 4.31. The predicted octanol–water partition coefficient (Wildman–Crippen LogP) is 1.97. The molecule has 3 aliphatic rings. The lowest BCUT2D eigenvalue weighted by molar-refractivity contribution is 0.0677. The highest BCUT2D eigenvalue weighted by Crippen LogP contribution is 2.28. The summed E-state index contributed by atoms with van der Waals surface area (Å²) < 4.78 is 12.8. The van der Waals surface area contributed by atoms with E-state index in [0.717, 1.165) is 18.2 Å². The zero-order valence-corrected chi connectivity index (χ0v) is 10.8. The van der Waals surface area contributed by atoms with Gasteiger partial charge in [-0.25, -0.2) is 4.39 Å². The zero-order chi connectivity index (χ0) is 12.5. The number of rotatable bonds is 3. The van der Waals surface area contributed by atoms with Crippen LogP contribution in [0.25, 0.3) is 0 Å². The number of nitrogens with zero attached hydrogens (tertiary/aromatic N) is 2. The van der Waals surface area contributed by atoms with E-state index in [-0.39, 0.29) is 11.9 Å². The van der Waals surface area contributed by atoms with Crippen LogP contribution in [0.2, 0.25) is 0 Å². The van der Waals surface area contributed by atoms with Crippen LogP contribution in [0, 0.1) is 11.7 Å². The van der Waals surface area contributed by atoms with E-state index in [0.29, 0.717) is 6.04 Å². The summed E-state index contributed by atoms with van der Waals surface area (Å²) in [7, 11) is 0. The maximum absolute atomic E-state index is 12.8. The summed E-state index contributed by atoms with van der Waals surface area (Å²) in [5, 5.41) is 3.66. The zero-order valence-electron chi connectivity index (χ0n) is 10.8. The Kier molecular flexibility index (Phi) is 3.31. The molecule has 1 N–H and O–H groups in total. The summed E-state index contributed by atoms with van der Waals surface area (Å²) in [5.74, 6) is 0.534. The molecule has 4 rings (SSSR count). The van der Waals surface area contributed by atoms with Crippen molar-refractivity contribution in [3.63, 3.8) is 0 Å². The van der Waals surface area contributed by atoms with Crippen molar-refractivity contribution < 1.29 is 4.39 Å². The molecule has 0 spiro atoms. The van der Waals surface area contributed by atoms with Gasteiger partial charge < -0.3 is 10.2 Å². The average Bonchev–Trinajstić information content (AvgIpc) is 2.41. The van der Waals surface area contributed by atoms with E-state index in [2.05, 4.69) is 22.1 Å². The fraction of sp³-hybridized carbons (Fsp3) is 0.643. The number of hydrogen-bond acceptors (Lipinski definition) is 3. The second-order valence-corrected chi connectivity index (χ2v) is 5.53. The standard InChI is InChI=1S/C14H20FN3/c1-10(13-3-2-12(15)8-16-13)17-14-9-18-6-4-11(14)5-7-18/h2-3,8,10-11,14,17H,4-7,9H2,1H3. The van der Waals surface area contributed by atoms with Crippen molar-refractivity contribution in [2.75, 3.05) is 19.6 Å². The maximum atomic E-state index is 12.8. The quantitative estimate of drug-likeness (QED) is 0.887. The minimum atomic E-state index is -0.270. The molecule has 0 aromatic carbocycles. The van der Waals surface area contributed by atoms with Crippen molar-refractivity contribution in [2.24, 2.45) is 5.92 Å². The highest BCUT2D eigenvalue weighted by Gasteiger charge is 2.34. The Morgan fingerprint density at radius 1 is 1.39 bits per heavy atom. The van der Waals surface area contributed by atoms with Crippen LogP contribution in [0.3, 0.4) is 0 Å². The maximum Gasteiger partial charge on any atom is 0.141 e. The van der Waals surface area contributed by atoms with Gasteiger partial charge in [-0.15, -0.1) is 0 Å². The molecule has 3 nitrogen and oxygen atoms in total. The van der Waals surface area contributed by atoms with Crippen LogP contribution in [0.15, 0.2) is 18.3 Å². The minimum Gasteiger partial charge on any atom is -0.304 e. The first-order chi connectivity index (χ1) is 8.72. The van der Waals surface area contributed by atoms with Crippen molar-refractivity contribution in [3.8, 4) is 0 Å². The van der Waals surface area contributed by atoms with Gasteiger partial charge in [-0.2, -0.15) is 0 Å². The molecule has 0 saturated carbocycles. The molecular weight excluding hydrogens is 229 g/mol. The Balaban J connectivity index is 1.64. The Labute approximate surface area is 107 Å². The first-order valence-electron chi connectivity index (χ1n) is 6.82. The lowest BCUT2D eigenvalue weighted by Gasteiger charge is -2.46. The van der Waals surface area contributed by atoms with Crippen LogP contribution in [0.1, 0.15) is 31.5 Å². The Morgan fingerprint density at radius 3 is 2.72 bits per heavy atom. The number of hydrogen-bond donors (Lipinski definition) is 1. The van der Waals surface area contributed by atoms with Gasteiger partial charge >= 0.3 is 0 Å². The summed E-state index contributed by atoms with van der Waals surface area (Å²) in [6.45, 7) is 5.77. The van der Waals surface area contributed by atoms with E-state index >= 15 is 0 Å². The molecule has 2 unspecified atom stereocenters. The van der Waals surface area contributed by atoms with E-state index in [9.17, 15) is 4.39 Å². The number of aromatic nitrogens is 1. The summed E-state index contributed by atoms with van der Waals surface area (Å²) in [4.78, 5) is 6.68. The molecule has 4 heterocycles. The number of halogens is 1. The smallest absolute Gasteiger partial charge is 0.141 e. The second-order valence-electron chi connectivity index (χ2n) is 5.53. The Hall–Kier alpha value is -1.00. The van der Waals surface area contributed by atoms with Crippen molar-refractivity contribution >= 4 is 0 Å². The van der Waals surface area contributed by atoms with Crippen LogP contribution < -0.4 is 5.32 Å². The van der Waals surface area contributed by atoms with Crippen molar-refractivity contribution in [1.29, 1.82) is 0 Å². The molecular formula is C14H20FN3. The first-order valence-corrected chi connectivity index (χ1v) is 6.82. The second kappa shape index (κ2) is 4.94. The fourth-order valence-corrected chi connectivity index (χ4v) is 3.20. The monoisotopic (exact) mass is 249 g/mol. The van der Waals surface area contributed by atoms with E-state index in [1.807, 2.05) is 0 Å². The first kappa shape index (κ1) is 12.1.